The summed E-state index contributed by atoms with van der Waals surface area (Å²) < 4.78 is 13.1. The van der Waals surface area contributed by atoms with Gasteiger partial charge in [0.15, 0.2) is 12.6 Å². The van der Waals surface area contributed by atoms with E-state index in [-0.39, 0.29) is 24.4 Å². The standard InChI is InChI=1S/C18H22FN3O2S/c1-13(18(24)20-9-8-16-7-4-10-25-16)22(2)12-17(23)21-15-6-3-5-14(19)11-15/h3-7,10-11,13H,8-9,12H2,1-2H3,(H,20,24)(H,21,23)/p+1/t13-/m0/s1. The summed E-state index contributed by atoms with van der Waals surface area (Å²) in [5.74, 6) is -0.758. The van der Waals surface area contributed by atoms with Gasteiger partial charge in [-0.15, -0.1) is 11.3 Å². The number of carbonyl (C=O) groups excluding carboxylic acids is 2. The third-order valence-corrected chi connectivity index (χ3v) is 4.87. The van der Waals surface area contributed by atoms with Gasteiger partial charge in [-0.3, -0.25) is 9.59 Å². The number of likely N-dealkylation sites (N-methyl/N-ethyl adjacent to an activating group) is 1. The Labute approximate surface area is 150 Å². The van der Waals surface area contributed by atoms with Crippen molar-refractivity contribution in [2.24, 2.45) is 0 Å². The second kappa shape index (κ2) is 9.29. The number of thiophene rings is 1. The zero-order valence-corrected chi connectivity index (χ0v) is 15.2. The van der Waals surface area contributed by atoms with Crippen molar-refractivity contribution in [1.82, 2.24) is 5.32 Å². The molecule has 134 valence electrons. The van der Waals surface area contributed by atoms with E-state index < -0.39 is 5.82 Å². The third kappa shape index (κ3) is 6.28. The highest BCUT2D eigenvalue weighted by molar-refractivity contribution is 7.09. The minimum absolute atomic E-state index is 0.0902. The van der Waals surface area contributed by atoms with Crippen LogP contribution in [-0.4, -0.2) is 38.0 Å². The van der Waals surface area contributed by atoms with Gasteiger partial charge in [0.25, 0.3) is 11.8 Å². The van der Waals surface area contributed by atoms with Crippen LogP contribution in [0.15, 0.2) is 41.8 Å². The molecule has 1 unspecified atom stereocenters. The van der Waals surface area contributed by atoms with Gasteiger partial charge in [0.1, 0.15) is 5.82 Å². The summed E-state index contributed by atoms with van der Waals surface area (Å²) in [6.45, 7) is 2.48. The number of nitrogens with one attached hydrogen (secondary N) is 3. The first kappa shape index (κ1) is 19.1. The summed E-state index contributed by atoms with van der Waals surface area (Å²) in [6, 6.07) is 9.39. The van der Waals surface area contributed by atoms with E-state index in [0.29, 0.717) is 12.2 Å². The second-order valence-corrected chi connectivity index (χ2v) is 6.96. The van der Waals surface area contributed by atoms with Crippen molar-refractivity contribution in [3.05, 3.63) is 52.5 Å². The Morgan fingerprint density at radius 3 is 2.76 bits per heavy atom. The van der Waals surface area contributed by atoms with Crippen LogP contribution in [0.25, 0.3) is 0 Å². The number of hydrogen-bond donors (Lipinski definition) is 3. The minimum atomic E-state index is -0.406. The van der Waals surface area contributed by atoms with Crippen LogP contribution < -0.4 is 15.5 Å². The van der Waals surface area contributed by atoms with E-state index in [2.05, 4.69) is 10.6 Å². The molecule has 0 saturated carbocycles. The molecule has 0 bridgehead atoms. The van der Waals surface area contributed by atoms with Crippen molar-refractivity contribution in [3.63, 3.8) is 0 Å². The van der Waals surface area contributed by atoms with Gasteiger partial charge >= 0.3 is 0 Å². The lowest BCUT2D eigenvalue weighted by molar-refractivity contribution is -0.885. The molecule has 0 spiro atoms. The van der Waals surface area contributed by atoms with Crippen molar-refractivity contribution in [1.29, 1.82) is 0 Å². The van der Waals surface area contributed by atoms with Gasteiger partial charge in [-0.05, 0) is 43.0 Å². The molecule has 3 N–H and O–H groups in total. The van der Waals surface area contributed by atoms with Crippen molar-refractivity contribution >= 4 is 28.8 Å². The van der Waals surface area contributed by atoms with Crippen LogP contribution >= 0.6 is 11.3 Å². The molecule has 25 heavy (non-hydrogen) atoms. The maximum atomic E-state index is 13.1. The van der Waals surface area contributed by atoms with Crippen LogP contribution in [0.5, 0.6) is 0 Å². The van der Waals surface area contributed by atoms with E-state index in [0.717, 1.165) is 11.3 Å². The van der Waals surface area contributed by atoms with E-state index in [1.807, 2.05) is 17.5 Å². The SMILES string of the molecule is C[C@@H](C(=O)NCCc1cccs1)[NH+](C)CC(=O)Nc1cccc(F)c1. The minimum Gasteiger partial charge on any atom is -0.351 e. The molecule has 0 aliphatic heterocycles. The fraction of sp³-hybridized carbons (Fsp3) is 0.333. The first-order valence-corrected chi connectivity index (χ1v) is 9.01. The zero-order chi connectivity index (χ0) is 18.2. The van der Waals surface area contributed by atoms with Gasteiger partial charge in [0.05, 0.1) is 7.05 Å². The zero-order valence-electron chi connectivity index (χ0n) is 14.3. The van der Waals surface area contributed by atoms with Gasteiger partial charge < -0.3 is 15.5 Å². The maximum Gasteiger partial charge on any atom is 0.279 e. The fourth-order valence-corrected chi connectivity index (χ4v) is 3.03. The van der Waals surface area contributed by atoms with Gasteiger partial charge in [-0.2, -0.15) is 0 Å². The summed E-state index contributed by atoms with van der Waals surface area (Å²) >= 11 is 1.66. The van der Waals surface area contributed by atoms with E-state index in [1.165, 1.54) is 23.1 Å². The molecule has 2 aromatic rings. The van der Waals surface area contributed by atoms with E-state index in [1.54, 1.807) is 31.4 Å². The largest absolute Gasteiger partial charge is 0.351 e. The molecule has 0 saturated heterocycles. The highest BCUT2D eigenvalue weighted by atomic mass is 32.1. The summed E-state index contributed by atoms with van der Waals surface area (Å²) in [4.78, 5) is 26.2. The van der Waals surface area contributed by atoms with Crippen molar-refractivity contribution in [3.8, 4) is 0 Å². The van der Waals surface area contributed by atoms with Gasteiger partial charge in [0.2, 0.25) is 0 Å². The lowest BCUT2D eigenvalue weighted by atomic mass is 10.2. The normalized spacial score (nSPS) is 13.1. The Balaban J connectivity index is 1.75. The Kier molecular flexibility index (Phi) is 7.09. The van der Waals surface area contributed by atoms with Crippen molar-refractivity contribution in [2.45, 2.75) is 19.4 Å². The Morgan fingerprint density at radius 2 is 2.08 bits per heavy atom. The summed E-state index contributed by atoms with van der Waals surface area (Å²) in [7, 11) is 1.79. The lowest BCUT2D eigenvalue weighted by Crippen LogP contribution is -3.15. The molecular formula is C18H23FN3O2S+. The predicted molar refractivity (Wildman–Crippen MR) is 97.3 cm³/mol. The van der Waals surface area contributed by atoms with Crippen LogP contribution in [0.2, 0.25) is 0 Å². The van der Waals surface area contributed by atoms with Crippen LogP contribution in [0.4, 0.5) is 10.1 Å². The lowest BCUT2D eigenvalue weighted by Gasteiger charge is -2.20. The number of rotatable bonds is 8. The molecular weight excluding hydrogens is 341 g/mol. The molecule has 2 atom stereocenters. The first-order chi connectivity index (χ1) is 12.0. The number of halogens is 1. The number of anilines is 1. The number of benzene rings is 1. The molecule has 7 heteroatoms. The Bertz CT molecular complexity index is 706. The number of hydrogen-bond acceptors (Lipinski definition) is 3. The molecule has 1 aromatic heterocycles. The molecule has 5 nitrogen and oxygen atoms in total. The predicted octanol–water partition coefficient (Wildman–Crippen LogP) is 1.09. The Morgan fingerprint density at radius 1 is 1.28 bits per heavy atom. The molecule has 0 radical (unpaired) electrons. The van der Waals surface area contributed by atoms with Crippen molar-refractivity contribution in [2.75, 3.05) is 25.5 Å². The summed E-state index contributed by atoms with van der Waals surface area (Å²) in [5.41, 5.74) is 0.408. The molecule has 1 heterocycles. The Hall–Kier alpha value is -2.25. The average molecular weight is 364 g/mol. The topological polar surface area (TPSA) is 62.6 Å². The van der Waals surface area contributed by atoms with Gasteiger partial charge in [0, 0.05) is 17.1 Å². The van der Waals surface area contributed by atoms with E-state index in [4.69, 9.17) is 0 Å². The van der Waals surface area contributed by atoms with Crippen LogP contribution in [-0.2, 0) is 16.0 Å². The molecule has 0 fully saturated rings. The smallest absolute Gasteiger partial charge is 0.279 e. The number of amides is 2. The second-order valence-electron chi connectivity index (χ2n) is 5.92. The van der Waals surface area contributed by atoms with Gasteiger partial charge in [-0.25, -0.2) is 4.39 Å². The molecule has 2 amide bonds. The molecule has 0 aliphatic rings. The van der Waals surface area contributed by atoms with E-state index in [9.17, 15) is 14.0 Å². The fourth-order valence-electron chi connectivity index (χ4n) is 2.32. The van der Waals surface area contributed by atoms with Crippen LogP contribution in [0.1, 0.15) is 11.8 Å². The molecule has 0 aliphatic carbocycles. The van der Waals surface area contributed by atoms with Crippen LogP contribution in [0, 0.1) is 5.82 Å². The number of carbonyl (C=O) groups is 2. The van der Waals surface area contributed by atoms with E-state index >= 15 is 0 Å². The molecule has 2 rings (SSSR count). The van der Waals surface area contributed by atoms with Crippen molar-refractivity contribution < 1.29 is 18.9 Å². The quantitative estimate of drug-likeness (QED) is 0.657. The number of quaternary nitrogens is 1. The average Bonchev–Trinajstić information content (AvgIpc) is 3.07. The van der Waals surface area contributed by atoms with Crippen LogP contribution in [0.3, 0.4) is 0 Å². The summed E-state index contributed by atoms with van der Waals surface area (Å²) in [6.07, 6.45) is 0.801. The maximum absolute atomic E-state index is 13.1. The first-order valence-electron chi connectivity index (χ1n) is 8.13. The molecule has 1 aromatic carbocycles. The third-order valence-electron chi connectivity index (χ3n) is 3.93. The highest BCUT2D eigenvalue weighted by Crippen LogP contribution is 2.09. The summed E-state index contributed by atoms with van der Waals surface area (Å²) in [5, 5.41) is 7.55. The monoisotopic (exact) mass is 364 g/mol. The van der Waals surface area contributed by atoms with Gasteiger partial charge in [-0.1, -0.05) is 12.1 Å². The highest BCUT2D eigenvalue weighted by Gasteiger charge is 2.23.